The molecule has 0 aliphatic rings. The highest BCUT2D eigenvalue weighted by Gasteiger charge is 2.34. The van der Waals surface area contributed by atoms with E-state index in [0.717, 1.165) is 17.2 Å². The summed E-state index contributed by atoms with van der Waals surface area (Å²) in [5.74, 6) is -2.07. The van der Waals surface area contributed by atoms with Gasteiger partial charge in [0.25, 0.3) is 5.91 Å². The van der Waals surface area contributed by atoms with Crippen LogP contribution >= 0.6 is 34.8 Å². The van der Waals surface area contributed by atoms with E-state index in [4.69, 9.17) is 49.3 Å². The molecule has 0 fully saturated rings. The summed E-state index contributed by atoms with van der Waals surface area (Å²) in [6.07, 6.45) is -4.96. The monoisotopic (exact) mass is 612 g/mol. The van der Waals surface area contributed by atoms with Crippen LogP contribution in [0.15, 0.2) is 65.2 Å². The van der Waals surface area contributed by atoms with E-state index in [1.807, 2.05) is 0 Å². The number of halogens is 6. The first-order valence-corrected chi connectivity index (χ1v) is 12.6. The normalized spacial score (nSPS) is 11.4. The molecule has 0 saturated heterocycles. The second kappa shape index (κ2) is 11.8. The lowest BCUT2D eigenvalue weighted by molar-refractivity contribution is -0.138. The van der Waals surface area contributed by atoms with E-state index >= 15 is 0 Å². The fraction of sp³-hybridized carbons (Fsp3) is 0.148. The number of carboxylic acid groups (broad SMARTS) is 1. The Bertz CT molecular complexity index is 1590. The molecule has 7 nitrogen and oxygen atoms in total. The van der Waals surface area contributed by atoms with Gasteiger partial charge >= 0.3 is 12.1 Å². The maximum absolute atomic E-state index is 13.9. The Morgan fingerprint density at radius 3 is 2.40 bits per heavy atom. The molecule has 0 atom stereocenters. The predicted octanol–water partition coefficient (Wildman–Crippen LogP) is 8.07. The minimum absolute atomic E-state index is 0.0181. The third-order valence-electron chi connectivity index (χ3n) is 5.62. The van der Waals surface area contributed by atoms with Gasteiger partial charge in [-0.3, -0.25) is 9.59 Å². The summed E-state index contributed by atoms with van der Waals surface area (Å²) in [4.78, 5) is 30.7. The second-order valence-electron chi connectivity index (χ2n) is 8.36. The van der Waals surface area contributed by atoms with E-state index in [9.17, 15) is 22.8 Å². The van der Waals surface area contributed by atoms with Crippen LogP contribution in [0.4, 0.5) is 13.2 Å². The van der Waals surface area contributed by atoms with E-state index in [2.05, 4.69) is 5.16 Å². The average molecular weight is 614 g/mol. The summed E-state index contributed by atoms with van der Waals surface area (Å²) in [6.45, 7) is 1.59. The number of aromatic nitrogens is 1. The number of benzene rings is 3. The topological polar surface area (TPSA) is 92.9 Å². The van der Waals surface area contributed by atoms with Gasteiger partial charge in [-0.25, -0.2) is 0 Å². The maximum Gasteiger partial charge on any atom is 0.416 e. The molecule has 40 heavy (non-hydrogen) atoms. The highest BCUT2D eigenvalue weighted by molar-refractivity contribution is 6.35. The summed E-state index contributed by atoms with van der Waals surface area (Å²) in [5, 5.41) is 14.5. The number of aliphatic carboxylic acids is 1. The van der Waals surface area contributed by atoms with Crippen molar-refractivity contribution in [2.24, 2.45) is 0 Å². The zero-order valence-corrected chi connectivity index (χ0v) is 22.7. The highest BCUT2D eigenvalue weighted by atomic mass is 35.5. The molecule has 208 valence electrons. The largest absolute Gasteiger partial charge is 0.481 e. The van der Waals surface area contributed by atoms with Crippen LogP contribution in [-0.4, -0.2) is 33.7 Å². The van der Waals surface area contributed by atoms with Crippen molar-refractivity contribution < 1.29 is 37.2 Å². The number of hydrogen-bond donors (Lipinski definition) is 1. The number of carbonyl (C=O) groups is 2. The quantitative estimate of drug-likeness (QED) is 0.202. The molecule has 13 heteroatoms. The zero-order valence-electron chi connectivity index (χ0n) is 20.4. The summed E-state index contributed by atoms with van der Waals surface area (Å²) < 4.78 is 45.8. The van der Waals surface area contributed by atoms with Crippen LogP contribution in [0.25, 0.3) is 22.6 Å². The Labute approximate surface area is 240 Å². The third-order valence-corrected chi connectivity index (χ3v) is 6.46. The first-order chi connectivity index (χ1) is 18.9. The SMILES string of the molecule is CCN(Oc1ccc(Cl)cc1Cl)C(=O)c1c(-c2ccc(CC(=O)O)cc2Cl)noc1-c1cccc(C(F)(F)F)c1. The minimum atomic E-state index is -4.66. The molecule has 0 spiro atoms. The second-order valence-corrected chi connectivity index (χ2v) is 9.62. The molecule has 0 radical (unpaired) electrons. The molecular formula is C27H18Cl3F3N2O5. The summed E-state index contributed by atoms with van der Waals surface area (Å²) in [6, 6.07) is 12.9. The van der Waals surface area contributed by atoms with Gasteiger partial charge in [-0.1, -0.05) is 64.2 Å². The predicted molar refractivity (Wildman–Crippen MR) is 143 cm³/mol. The first-order valence-electron chi connectivity index (χ1n) is 11.5. The van der Waals surface area contributed by atoms with Crippen molar-refractivity contribution in [3.8, 4) is 28.3 Å². The van der Waals surface area contributed by atoms with Crippen LogP contribution < -0.4 is 4.84 Å². The fourth-order valence-electron chi connectivity index (χ4n) is 3.78. The molecule has 1 amide bonds. The third kappa shape index (κ3) is 6.35. The van der Waals surface area contributed by atoms with Gasteiger partial charge in [0.15, 0.2) is 11.5 Å². The van der Waals surface area contributed by atoms with E-state index in [-0.39, 0.29) is 56.9 Å². The fourth-order valence-corrected chi connectivity index (χ4v) is 4.52. The smallest absolute Gasteiger partial charge is 0.416 e. The van der Waals surface area contributed by atoms with Crippen molar-refractivity contribution in [2.45, 2.75) is 19.5 Å². The van der Waals surface area contributed by atoms with Gasteiger partial charge in [-0.2, -0.15) is 18.2 Å². The van der Waals surface area contributed by atoms with Crippen molar-refractivity contribution in [3.05, 3.63) is 92.4 Å². The van der Waals surface area contributed by atoms with Crippen LogP contribution in [0.3, 0.4) is 0 Å². The number of alkyl halides is 3. The van der Waals surface area contributed by atoms with Crippen molar-refractivity contribution in [1.29, 1.82) is 0 Å². The molecule has 1 aromatic heterocycles. The van der Waals surface area contributed by atoms with Gasteiger partial charge in [-0.05, 0) is 48.9 Å². The Hall–Kier alpha value is -3.73. The van der Waals surface area contributed by atoms with Crippen molar-refractivity contribution in [1.82, 2.24) is 10.2 Å². The van der Waals surface area contributed by atoms with Crippen LogP contribution in [0, 0.1) is 0 Å². The van der Waals surface area contributed by atoms with Gasteiger partial charge < -0.3 is 14.5 Å². The van der Waals surface area contributed by atoms with Crippen LogP contribution in [-0.2, 0) is 17.4 Å². The molecule has 3 aromatic carbocycles. The lowest BCUT2D eigenvalue weighted by Gasteiger charge is -2.22. The molecule has 1 N–H and O–H groups in total. The van der Waals surface area contributed by atoms with Crippen molar-refractivity contribution in [2.75, 3.05) is 6.54 Å². The molecule has 1 heterocycles. The summed E-state index contributed by atoms with van der Waals surface area (Å²) >= 11 is 18.6. The molecule has 0 unspecified atom stereocenters. The number of carbonyl (C=O) groups excluding carboxylic acids is 1. The van der Waals surface area contributed by atoms with E-state index < -0.39 is 23.6 Å². The van der Waals surface area contributed by atoms with Crippen molar-refractivity contribution in [3.63, 3.8) is 0 Å². The Balaban J connectivity index is 1.86. The van der Waals surface area contributed by atoms with E-state index in [0.29, 0.717) is 10.6 Å². The molecule has 0 bridgehead atoms. The van der Waals surface area contributed by atoms with Crippen LogP contribution in [0.5, 0.6) is 5.75 Å². The number of amides is 1. The van der Waals surface area contributed by atoms with Crippen LogP contribution in [0.1, 0.15) is 28.4 Å². The Kier molecular flexibility index (Phi) is 8.62. The van der Waals surface area contributed by atoms with Crippen LogP contribution in [0.2, 0.25) is 15.1 Å². The van der Waals surface area contributed by atoms with E-state index in [1.54, 1.807) is 6.92 Å². The lowest BCUT2D eigenvalue weighted by atomic mass is 9.99. The maximum atomic E-state index is 13.9. The first kappa shape index (κ1) is 29.3. The average Bonchev–Trinajstić information content (AvgIpc) is 3.32. The molecular weight excluding hydrogens is 596 g/mol. The lowest BCUT2D eigenvalue weighted by Crippen LogP contribution is -2.34. The molecule has 0 saturated carbocycles. The Morgan fingerprint density at radius 1 is 1.02 bits per heavy atom. The number of hydrogen-bond acceptors (Lipinski definition) is 5. The standard InChI is InChI=1S/C27H18Cl3F3N2O5/c1-2-35(40-21-9-7-17(28)13-20(21)30)26(38)23-24(18-8-6-14(10-19(18)29)11-22(36)37)34-39-25(23)15-4-3-5-16(12-15)27(31,32)33/h3-10,12-13H,2,11H2,1H3,(H,36,37). The Morgan fingerprint density at radius 2 is 1.77 bits per heavy atom. The number of rotatable bonds is 8. The summed E-state index contributed by atoms with van der Waals surface area (Å²) in [5.41, 5.74) is -0.800. The van der Waals surface area contributed by atoms with Gasteiger partial charge in [0.1, 0.15) is 11.3 Å². The van der Waals surface area contributed by atoms with E-state index in [1.165, 1.54) is 48.5 Å². The zero-order chi connectivity index (χ0) is 29.2. The number of nitrogens with zero attached hydrogens (tertiary/aromatic N) is 2. The molecule has 4 aromatic rings. The number of carboxylic acids is 1. The summed E-state index contributed by atoms with van der Waals surface area (Å²) in [7, 11) is 0. The van der Waals surface area contributed by atoms with Gasteiger partial charge in [-0.15, -0.1) is 0 Å². The van der Waals surface area contributed by atoms with Gasteiger partial charge in [0.2, 0.25) is 0 Å². The van der Waals surface area contributed by atoms with Gasteiger partial charge in [0, 0.05) is 16.1 Å². The molecule has 0 aliphatic heterocycles. The molecule has 0 aliphatic carbocycles. The minimum Gasteiger partial charge on any atom is -0.481 e. The number of hydroxylamine groups is 2. The molecule has 4 rings (SSSR count). The highest BCUT2D eigenvalue weighted by Crippen LogP contribution is 2.39. The van der Waals surface area contributed by atoms with Gasteiger partial charge in [0.05, 0.1) is 28.6 Å². The van der Waals surface area contributed by atoms with Crippen molar-refractivity contribution >= 4 is 46.7 Å².